The Morgan fingerprint density at radius 2 is 2.06 bits per heavy atom. The van der Waals surface area contributed by atoms with Crippen LogP contribution in [0.4, 0.5) is 11.4 Å². The van der Waals surface area contributed by atoms with Gasteiger partial charge < -0.3 is 16.0 Å². The molecule has 1 aliphatic heterocycles. The molecule has 2 rings (SSSR count). The Morgan fingerprint density at radius 3 is 2.67 bits per heavy atom. The van der Waals surface area contributed by atoms with Gasteiger partial charge in [0.25, 0.3) is 0 Å². The van der Waals surface area contributed by atoms with Gasteiger partial charge >= 0.3 is 0 Å². The van der Waals surface area contributed by atoms with Crippen LogP contribution in [0.5, 0.6) is 0 Å². The molecule has 1 saturated heterocycles. The van der Waals surface area contributed by atoms with Gasteiger partial charge in [0.15, 0.2) is 0 Å². The van der Waals surface area contributed by atoms with Crippen LogP contribution in [0.25, 0.3) is 0 Å². The van der Waals surface area contributed by atoms with Gasteiger partial charge in [-0.3, -0.25) is 4.79 Å². The first-order chi connectivity index (χ1) is 8.58. The van der Waals surface area contributed by atoms with Crippen LogP contribution in [0.3, 0.4) is 0 Å². The molecule has 1 aromatic rings. The van der Waals surface area contributed by atoms with Crippen molar-refractivity contribution in [2.24, 2.45) is 0 Å². The Labute approximate surface area is 108 Å². The summed E-state index contributed by atoms with van der Waals surface area (Å²) in [4.78, 5) is 13.4. The first-order valence-electron chi connectivity index (χ1n) is 6.45. The molecule has 0 spiro atoms. The van der Waals surface area contributed by atoms with Crippen molar-refractivity contribution < 1.29 is 4.79 Å². The first kappa shape index (κ1) is 12.7. The number of amides is 1. The third-order valence-corrected chi connectivity index (χ3v) is 3.59. The zero-order valence-corrected chi connectivity index (χ0v) is 11.1. The number of nitrogens with one attached hydrogen (secondary N) is 1. The summed E-state index contributed by atoms with van der Waals surface area (Å²) in [6.07, 6.45) is 1.99. The maximum atomic E-state index is 11.0. The third kappa shape index (κ3) is 2.75. The van der Waals surface area contributed by atoms with Crippen molar-refractivity contribution in [2.45, 2.75) is 32.7 Å². The minimum atomic E-state index is 0.0635. The lowest BCUT2D eigenvalue weighted by Gasteiger charge is -2.34. The lowest BCUT2D eigenvalue weighted by atomic mass is 10.0. The van der Waals surface area contributed by atoms with E-state index in [0.29, 0.717) is 6.04 Å². The number of anilines is 2. The number of piperidine rings is 1. The Balaban J connectivity index is 2.01. The van der Waals surface area contributed by atoms with Crippen molar-refractivity contribution in [3.05, 3.63) is 23.8 Å². The molecule has 1 amide bonds. The number of nitrogens with two attached hydrogens (primary N) is 1. The molecule has 0 aromatic heterocycles. The van der Waals surface area contributed by atoms with Crippen molar-refractivity contribution in [3.8, 4) is 0 Å². The lowest BCUT2D eigenvalue weighted by molar-refractivity contribution is -0.119. The van der Waals surface area contributed by atoms with E-state index in [-0.39, 0.29) is 5.91 Å². The molecule has 1 aromatic carbocycles. The van der Waals surface area contributed by atoms with Gasteiger partial charge in [-0.05, 0) is 37.5 Å². The van der Waals surface area contributed by atoms with E-state index in [9.17, 15) is 4.79 Å². The number of hydrogen-bond donors (Lipinski definition) is 2. The fourth-order valence-corrected chi connectivity index (χ4v) is 2.54. The van der Waals surface area contributed by atoms with Gasteiger partial charge in [-0.2, -0.15) is 0 Å². The van der Waals surface area contributed by atoms with Crippen LogP contribution >= 0.6 is 0 Å². The minimum absolute atomic E-state index is 0.0635. The number of hydrogen-bond acceptors (Lipinski definition) is 3. The van der Waals surface area contributed by atoms with Crippen molar-refractivity contribution >= 4 is 17.3 Å². The summed E-state index contributed by atoms with van der Waals surface area (Å²) < 4.78 is 0. The zero-order valence-electron chi connectivity index (χ0n) is 11.1. The first-order valence-corrected chi connectivity index (χ1v) is 6.45. The van der Waals surface area contributed by atoms with E-state index in [0.717, 1.165) is 37.2 Å². The molecule has 4 nitrogen and oxygen atoms in total. The van der Waals surface area contributed by atoms with E-state index in [1.54, 1.807) is 6.92 Å². The lowest BCUT2D eigenvalue weighted by Crippen LogP contribution is -2.44. The SMILES string of the molecule is CC(=O)NC1CCN(c2cccc(N)c2C)CC1. The fourth-order valence-electron chi connectivity index (χ4n) is 2.54. The second-order valence-electron chi connectivity index (χ2n) is 4.95. The van der Waals surface area contributed by atoms with Gasteiger partial charge in [0.1, 0.15) is 0 Å². The smallest absolute Gasteiger partial charge is 0.217 e. The molecule has 0 aliphatic carbocycles. The topological polar surface area (TPSA) is 58.4 Å². The summed E-state index contributed by atoms with van der Waals surface area (Å²) >= 11 is 0. The van der Waals surface area contributed by atoms with Crippen LogP contribution in [0.15, 0.2) is 18.2 Å². The van der Waals surface area contributed by atoms with Gasteiger partial charge in [-0.25, -0.2) is 0 Å². The minimum Gasteiger partial charge on any atom is -0.398 e. The molecule has 0 bridgehead atoms. The van der Waals surface area contributed by atoms with E-state index in [1.807, 2.05) is 12.1 Å². The zero-order chi connectivity index (χ0) is 13.1. The van der Waals surface area contributed by atoms with Crippen molar-refractivity contribution in [1.82, 2.24) is 5.32 Å². The highest BCUT2D eigenvalue weighted by atomic mass is 16.1. The molecular weight excluding hydrogens is 226 g/mol. The van der Waals surface area contributed by atoms with Crippen LogP contribution in [0, 0.1) is 6.92 Å². The highest BCUT2D eigenvalue weighted by molar-refractivity contribution is 5.73. The Bertz CT molecular complexity index is 437. The average molecular weight is 247 g/mol. The van der Waals surface area contributed by atoms with Crippen LogP contribution in [0.1, 0.15) is 25.3 Å². The number of nitrogen functional groups attached to an aromatic ring is 1. The summed E-state index contributed by atoms with van der Waals surface area (Å²) in [6, 6.07) is 6.37. The second kappa shape index (κ2) is 5.29. The molecule has 0 saturated carbocycles. The summed E-state index contributed by atoms with van der Waals surface area (Å²) in [5.74, 6) is 0.0635. The quantitative estimate of drug-likeness (QED) is 0.782. The number of carbonyl (C=O) groups is 1. The van der Waals surface area contributed by atoms with Gasteiger partial charge in [-0.15, -0.1) is 0 Å². The number of nitrogens with zero attached hydrogens (tertiary/aromatic N) is 1. The molecule has 1 fully saturated rings. The highest BCUT2D eigenvalue weighted by Gasteiger charge is 2.21. The summed E-state index contributed by atoms with van der Waals surface area (Å²) in [5, 5.41) is 2.99. The van der Waals surface area contributed by atoms with E-state index in [4.69, 9.17) is 5.73 Å². The van der Waals surface area contributed by atoms with E-state index >= 15 is 0 Å². The Morgan fingerprint density at radius 1 is 1.39 bits per heavy atom. The molecule has 0 atom stereocenters. The number of rotatable bonds is 2. The highest BCUT2D eigenvalue weighted by Crippen LogP contribution is 2.27. The van der Waals surface area contributed by atoms with Gasteiger partial charge in [0.05, 0.1) is 0 Å². The Hall–Kier alpha value is -1.71. The van der Waals surface area contributed by atoms with Crippen molar-refractivity contribution in [1.29, 1.82) is 0 Å². The molecule has 18 heavy (non-hydrogen) atoms. The van der Waals surface area contributed by atoms with Crippen molar-refractivity contribution in [2.75, 3.05) is 23.7 Å². The number of benzene rings is 1. The molecule has 1 heterocycles. The number of carbonyl (C=O) groups excluding carboxylic acids is 1. The second-order valence-corrected chi connectivity index (χ2v) is 4.95. The molecule has 98 valence electrons. The summed E-state index contributed by atoms with van der Waals surface area (Å²) in [5.41, 5.74) is 9.15. The maximum Gasteiger partial charge on any atom is 0.217 e. The van der Waals surface area contributed by atoms with E-state index < -0.39 is 0 Å². The summed E-state index contributed by atoms with van der Waals surface area (Å²) in [7, 11) is 0. The molecule has 4 heteroatoms. The molecule has 0 radical (unpaired) electrons. The van der Waals surface area contributed by atoms with Gasteiger partial charge in [0.2, 0.25) is 5.91 Å². The molecule has 1 aliphatic rings. The van der Waals surface area contributed by atoms with Gasteiger partial charge in [0, 0.05) is 37.4 Å². The van der Waals surface area contributed by atoms with Crippen LogP contribution in [-0.2, 0) is 4.79 Å². The van der Waals surface area contributed by atoms with Crippen molar-refractivity contribution in [3.63, 3.8) is 0 Å². The monoisotopic (exact) mass is 247 g/mol. The predicted octanol–water partition coefficient (Wildman–Crippen LogP) is 1.68. The van der Waals surface area contributed by atoms with E-state index in [1.165, 1.54) is 5.69 Å². The average Bonchev–Trinajstić information content (AvgIpc) is 2.33. The molecular formula is C14H21N3O. The van der Waals surface area contributed by atoms with E-state index in [2.05, 4.69) is 23.2 Å². The maximum absolute atomic E-state index is 11.0. The predicted molar refractivity (Wildman–Crippen MR) is 74.6 cm³/mol. The van der Waals surface area contributed by atoms with Crippen LogP contribution in [0.2, 0.25) is 0 Å². The summed E-state index contributed by atoms with van der Waals surface area (Å²) in [6.45, 7) is 5.57. The fraction of sp³-hybridized carbons (Fsp3) is 0.500. The molecule has 3 N–H and O–H groups in total. The largest absolute Gasteiger partial charge is 0.398 e. The normalized spacial score (nSPS) is 16.7. The van der Waals surface area contributed by atoms with Gasteiger partial charge in [-0.1, -0.05) is 6.07 Å². The molecule has 0 unspecified atom stereocenters. The standard InChI is InChI=1S/C14H21N3O/c1-10-13(15)4-3-5-14(10)17-8-6-12(7-9-17)16-11(2)18/h3-5,12H,6-9,15H2,1-2H3,(H,16,18). The van der Waals surface area contributed by atoms with Crippen LogP contribution < -0.4 is 16.0 Å². The Kier molecular flexibility index (Phi) is 3.75. The third-order valence-electron chi connectivity index (χ3n) is 3.59. The van der Waals surface area contributed by atoms with Crippen LogP contribution in [-0.4, -0.2) is 25.0 Å².